The Labute approximate surface area is 158 Å². The van der Waals surface area contributed by atoms with Gasteiger partial charge in [-0.3, -0.25) is 10.1 Å². The zero-order valence-electron chi connectivity index (χ0n) is 13.1. The molecule has 0 radical (unpaired) electrons. The van der Waals surface area contributed by atoms with E-state index in [1.807, 2.05) is 0 Å². The molecular formula is C19H10Cl2N2O3. The molecule has 0 saturated heterocycles. The van der Waals surface area contributed by atoms with Gasteiger partial charge in [-0.05, 0) is 30.3 Å². The predicted octanol–water partition coefficient (Wildman–Crippen LogP) is 6.23. The van der Waals surface area contributed by atoms with Crippen molar-refractivity contribution in [1.29, 1.82) is 5.26 Å². The zero-order chi connectivity index (χ0) is 18.7. The van der Waals surface area contributed by atoms with E-state index in [1.54, 1.807) is 42.5 Å². The second-order valence-corrected chi connectivity index (χ2v) is 6.09. The largest absolute Gasteiger partial charge is 0.457 e. The fraction of sp³-hybridized carbons (Fsp3) is 0. The van der Waals surface area contributed by atoms with Gasteiger partial charge < -0.3 is 4.42 Å². The van der Waals surface area contributed by atoms with Crippen LogP contribution in [-0.4, -0.2) is 4.92 Å². The molecule has 0 amide bonds. The molecule has 1 heterocycles. The topological polar surface area (TPSA) is 80.1 Å². The maximum Gasteiger partial charge on any atom is 0.270 e. The minimum absolute atomic E-state index is 0.101. The Morgan fingerprint density at radius 1 is 1.12 bits per heavy atom. The highest BCUT2D eigenvalue weighted by molar-refractivity contribution is 6.33. The van der Waals surface area contributed by atoms with E-state index in [0.717, 1.165) is 0 Å². The molecule has 0 unspecified atom stereocenters. The lowest BCUT2D eigenvalue weighted by molar-refractivity contribution is -0.384. The van der Waals surface area contributed by atoms with Gasteiger partial charge in [-0.25, -0.2) is 0 Å². The van der Waals surface area contributed by atoms with E-state index in [9.17, 15) is 15.4 Å². The van der Waals surface area contributed by atoms with Gasteiger partial charge in [-0.15, -0.1) is 0 Å². The normalized spacial score (nSPS) is 11.2. The van der Waals surface area contributed by atoms with Crippen molar-refractivity contribution in [1.82, 2.24) is 0 Å². The van der Waals surface area contributed by atoms with Crippen molar-refractivity contribution in [3.05, 3.63) is 86.1 Å². The van der Waals surface area contributed by atoms with Crippen molar-refractivity contribution in [3.63, 3.8) is 0 Å². The van der Waals surface area contributed by atoms with E-state index in [0.29, 0.717) is 33.2 Å². The van der Waals surface area contributed by atoms with Crippen molar-refractivity contribution in [2.45, 2.75) is 0 Å². The number of furan rings is 1. The van der Waals surface area contributed by atoms with Crippen LogP contribution in [0.15, 0.2) is 59.0 Å². The van der Waals surface area contributed by atoms with E-state index in [1.165, 1.54) is 18.2 Å². The molecule has 0 aliphatic rings. The van der Waals surface area contributed by atoms with E-state index in [2.05, 4.69) is 6.07 Å². The number of halogens is 2. The van der Waals surface area contributed by atoms with Crippen LogP contribution in [0.5, 0.6) is 0 Å². The number of rotatable bonds is 4. The lowest BCUT2D eigenvalue weighted by atomic mass is 10.1. The fourth-order valence-corrected chi connectivity index (χ4v) is 2.89. The highest BCUT2D eigenvalue weighted by atomic mass is 35.5. The van der Waals surface area contributed by atoms with Gasteiger partial charge >= 0.3 is 0 Å². The number of nitrogens with zero attached hydrogens (tertiary/aromatic N) is 2. The van der Waals surface area contributed by atoms with Gasteiger partial charge in [0, 0.05) is 28.3 Å². The van der Waals surface area contributed by atoms with Crippen LogP contribution in [0.1, 0.15) is 11.3 Å². The van der Waals surface area contributed by atoms with Crippen LogP contribution in [-0.2, 0) is 0 Å². The first-order valence-electron chi connectivity index (χ1n) is 7.40. The van der Waals surface area contributed by atoms with E-state index >= 15 is 0 Å². The molecule has 0 atom stereocenters. The summed E-state index contributed by atoms with van der Waals surface area (Å²) in [5, 5.41) is 20.9. The van der Waals surface area contributed by atoms with Gasteiger partial charge in [0.2, 0.25) is 0 Å². The van der Waals surface area contributed by atoms with Crippen molar-refractivity contribution < 1.29 is 9.34 Å². The Hall–Kier alpha value is -3.07. The molecule has 7 heteroatoms. The summed E-state index contributed by atoms with van der Waals surface area (Å²) in [4.78, 5) is 10.3. The summed E-state index contributed by atoms with van der Waals surface area (Å²) in [5.41, 5.74) is 1.37. The number of nitro benzene ring substituents is 1. The third kappa shape index (κ3) is 3.62. The molecule has 0 fully saturated rings. The molecule has 0 N–H and O–H groups in total. The molecular weight excluding hydrogens is 375 g/mol. The highest BCUT2D eigenvalue weighted by Gasteiger charge is 2.14. The standard InChI is InChI=1S/C19H10Cl2N2O3/c20-17-4-2-1-3-15(17)12(11-22)9-14-6-8-19(26-14)16-7-5-13(23(24)25)10-18(16)21/h1-10H. The first-order valence-corrected chi connectivity index (χ1v) is 8.16. The number of hydrogen-bond acceptors (Lipinski definition) is 4. The summed E-state index contributed by atoms with van der Waals surface area (Å²) < 4.78 is 5.72. The highest BCUT2D eigenvalue weighted by Crippen LogP contribution is 2.33. The van der Waals surface area contributed by atoms with Crippen LogP contribution in [0, 0.1) is 21.4 Å². The molecule has 3 rings (SSSR count). The molecule has 0 aliphatic heterocycles. The number of benzene rings is 2. The molecule has 128 valence electrons. The van der Waals surface area contributed by atoms with Crippen molar-refractivity contribution in [3.8, 4) is 17.4 Å². The Bertz CT molecular complexity index is 1060. The van der Waals surface area contributed by atoms with Crippen molar-refractivity contribution in [2.24, 2.45) is 0 Å². The Morgan fingerprint density at radius 2 is 1.88 bits per heavy atom. The quantitative estimate of drug-likeness (QED) is 0.303. The first-order chi connectivity index (χ1) is 12.5. The molecule has 0 aliphatic carbocycles. The number of nitro groups is 1. The average molecular weight is 385 g/mol. The average Bonchev–Trinajstić information content (AvgIpc) is 3.08. The van der Waals surface area contributed by atoms with Gasteiger partial charge in [0.1, 0.15) is 11.5 Å². The van der Waals surface area contributed by atoms with Crippen molar-refractivity contribution >= 4 is 40.5 Å². The lowest BCUT2D eigenvalue weighted by Crippen LogP contribution is -1.88. The maximum atomic E-state index is 10.8. The first kappa shape index (κ1) is 17.7. The van der Waals surface area contributed by atoms with Crippen LogP contribution in [0.25, 0.3) is 23.0 Å². The number of hydrogen-bond donors (Lipinski definition) is 0. The van der Waals surface area contributed by atoms with Gasteiger partial charge in [0.15, 0.2) is 0 Å². The van der Waals surface area contributed by atoms with Gasteiger partial charge in [-0.2, -0.15) is 5.26 Å². The Kier molecular flexibility index (Phi) is 5.08. The van der Waals surface area contributed by atoms with Crippen LogP contribution in [0.4, 0.5) is 5.69 Å². The monoisotopic (exact) mass is 384 g/mol. The van der Waals surface area contributed by atoms with Crippen molar-refractivity contribution in [2.75, 3.05) is 0 Å². The molecule has 0 spiro atoms. The molecule has 0 saturated carbocycles. The summed E-state index contributed by atoms with van der Waals surface area (Å²) in [6.07, 6.45) is 1.57. The predicted molar refractivity (Wildman–Crippen MR) is 101 cm³/mol. The number of non-ortho nitro benzene ring substituents is 1. The lowest BCUT2D eigenvalue weighted by Gasteiger charge is -2.02. The summed E-state index contributed by atoms with van der Waals surface area (Å²) in [6.45, 7) is 0. The Morgan fingerprint density at radius 3 is 2.54 bits per heavy atom. The van der Waals surface area contributed by atoms with Crippen LogP contribution >= 0.6 is 23.2 Å². The van der Waals surface area contributed by atoms with Gasteiger partial charge in [-0.1, -0.05) is 41.4 Å². The fourth-order valence-electron chi connectivity index (χ4n) is 2.38. The van der Waals surface area contributed by atoms with Crippen LogP contribution < -0.4 is 0 Å². The molecule has 2 aromatic carbocycles. The molecule has 3 aromatic rings. The summed E-state index contributed by atoms with van der Waals surface area (Å²) in [5.74, 6) is 0.874. The van der Waals surface area contributed by atoms with Crippen LogP contribution in [0.2, 0.25) is 10.0 Å². The SMILES string of the molecule is N#CC(=Cc1ccc(-c2ccc([N+](=O)[O-])cc2Cl)o1)c1ccccc1Cl. The molecule has 0 bridgehead atoms. The number of nitriles is 1. The smallest absolute Gasteiger partial charge is 0.270 e. The zero-order valence-corrected chi connectivity index (χ0v) is 14.7. The third-order valence-corrected chi connectivity index (χ3v) is 4.27. The van der Waals surface area contributed by atoms with E-state index in [4.69, 9.17) is 27.6 Å². The van der Waals surface area contributed by atoms with E-state index < -0.39 is 4.92 Å². The molecule has 26 heavy (non-hydrogen) atoms. The maximum absolute atomic E-state index is 10.8. The minimum atomic E-state index is -0.519. The second kappa shape index (κ2) is 7.44. The second-order valence-electron chi connectivity index (χ2n) is 5.27. The molecule has 1 aromatic heterocycles. The summed E-state index contributed by atoms with van der Waals surface area (Å²) >= 11 is 12.2. The summed E-state index contributed by atoms with van der Waals surface area (Å²) in [6, 6.07) is 16.6. The van der Waals surface area contributed by atoms with E-state index in [-0.39, 0.29) is 10.7 Å². The van der Waals surface area contributed by atoms with Gasteiger partial charge in [0.25, 0.3) is 5.69 Å². The van der Waals surface area contributed by atoms with Crippen LogP contribution in [0.3, 0.4) is 0 Å². The van der Waals surface area contributed by atoms with Gasteiger partial charge in [0.05, 0.1) is 21.6 Å². The third-order valence-electron chi connectivity index (χ3n) is 3.63. The number of allylic oxidation sites excluding steroid dienone is 1. The molecule has 5 nitrogen and oxygen atoms in total. The Balaban J connectivity index is 1.97. The minimum Gasteiger partial charge on any atom is -0.457 e. The summed E-state index contributed by atoms with van der Waals surface area (Å²) in [7, 11) is 0.